The second kappa shape index (κ2) is 6.72. The molecule has 0 aliphatic carbocycles. The van der Waals surface area contributed by atoms with Crippen molar-refractivity contribution in [2.75, 3.05) is 5.32 Å². The minimum atomic E-state index is -1.02. The second-order valence-corrected chi connectivity index (χ2v) is 5.88. The highest BCUT2D eigenvalue weighted by Gasteiger charge is 2.22. The first-order chi connectivity index (χ1) is 11.5. The van der Waals surface area contributed by atoms with Crippen LogP contribution in [0.2, 0.25) is 0 Å². The van der Waals surface area contributed by atoms with Crippen LogP contribution in [0.3, 0.4) is 0 Å². The van der Waals surface area contributed by atoms with Gasteiger partial charge in [0.05, 0.1) is 12.0 Å². The van der Waals surface area contributed by atoms with Crippen molar-refractivity contribution in [2.45, 2.75) is 13.0 Å². The summed E-state index contributed by atoms with van der Waals surface area (Å²) in [7, 11) is 0. The summed E-state index contributed by atoms with van der Waals surface area (Å²) >= 11 is 0. The van der Waals surface area contributed by atoms with Crippen molar-refractivity contribution >= 4 is 28.1 Å². The van der Waals surface area contributed by atoms with E-state index in [4.69, 9.17) is 5.11 Å². The molecule has 0 spiro atoms. The fourth-order valence-corrected chi connectivity index (χ4v) is 2.62. The molecule has 122 valence electrons. The van der Waals surface area contributed by atoms with Gasteiger partial charge in [-0.25, -0.2) is 0 Å². The number of carbonyl (C=O) groups is 1. The van der Waals surface area contributed by atoms with E-state index in [0.29, 0.717) is 5.56 Å². The highest BCUT2D eigenvalue weighted by Crippen LogP contribution is 2.26. The number of aliphatic hydroxyl groups excluding tert-OH is 1. The molecule has 0 saturated heterocycles. The van der Waals surface area contributed by atoms with Gasteiger partial charge in [0.15, 0.2) is 0 Å². The number of nitrogens with one attached hydrogen (secondary N) is 1. The average Bonchev–Trinajstić information content (AvgIpc) is 2.61. The first-order valence-corrected chi connectivity index (χ1v) is 7.81. The van der Waals surface area contributed by atoms with Gasteiger partial charge in [0.1, 0.15) is 0 Å². The topological polar surface area (TPSA) is 69.6 Å². The zero-order chi connectivity index (χ0) is 17.1. The maximum Gasteiger partial charge on any atom is 0.309 e. The summed E-state index contributed by atoms with van der Waals surface area (Å²) in [6.45, 7) is 1.49. The number of fused-ring (bicyclic) bond motifs is 1. The van der Waals surface area contributed by atoms with Gasteiger partial charge in [0.25, 0.3) is 0 Å². The van der Waals surface area contributed by atoms with E-state index in [9.17, 15) is 9.90 Å². The van der Waals surface area contributed by atoms with Gasteiger partial charge in [-0.3, -0.25) is 4.79 Å². The van der Waals surface area contributed by atoms with Gasteiger partial charge in [-0.15, -0.1) is 0 Å². The lowest BCUT2D eigenvalue weighted by molar-refractivity contribution is -0.145. The summed E-state index contributed by atoms with van der Waals surface area (Å²) < 4.78 is 0. The molecule has 24 heavy (non-hydrogen) atoms. The van der Waals surface area contributed by atoms with E-state index in [-0.39, 0.29) is 0 Å². The minimum absolute atomic E-state index is 0.592. The predicted octanol–water partition coefficient (Wildman–Crippen LogP) is 4.34. The molecule has 2 unspecified atom stereocenters. The van der Waals surface area contributed by atoms with Crippen molar-refractivity contribution in [3.05, 3.63) is 72.3 Å². The van der Waals surface area contributed by atoms with Crippen LogP contribution in [0.4, 0.5) is 11.4 Å². The van der Waals surface area contributed by atoms with Crippen molar-refractivity contribution in [2.24, 2.45) is 5.92 Å². The highest BCUT2D eigenvalue weighted by atomic mass is 16.4. The monoisotopic (exact) mass is 321 g/mol. The molecule has 0 saturated carbocycles. The largest absolute Gasteiger partial charge is 0.481 e. The van der Waals surface area contributed by atoms with E-state index in [2.05, 4.69) is 29.6 Å². The van der Waals surface area contributed by atoms with E-state index in [1.54, 1.807) is 12.1 Å². The number of anilines is 2. The molecule has 3 N–H and O–H groups in total. The zero-order valence-electron chi connectivity index (χ0n) is 13.3. The number of aliphatic hydroxyl groups is 1. The second-order valence-electron chi connectivity index (χ2n) is 5.88. The lowest BCUT2D eigenvalue weighted by Gasteiger charge is -2.16. The Hall–Kier alpha value is -2.85. The lowest BCUT2D eigenvalue weighted by Crippen LogP contribution is -2.18. The summed E-state index contributed by atoms with van der Waals surface area (Å²) in [5.41, 5.74) is 2.44. The Labute approximate surface area is 140 Å². The molecule has 0 aliphatic heterocycles. The molecule has 0 amide bonds. The number of hydrogen-bond donors (Lipinski definition) is 3. The van der Waals surface area contributed by atoms with E-state index in [1.165, 1.54) is 12.3 Å². The van der Waals surface area contributed by atoms with E-state index in [1.807, 2.05) is 30.3 Å². The molecule has 2 atom stereocenters. The Morgan fingerprint density at radius 2 is 1.54 bits per heavy atom. The smallest absolute Gasteiger partial charge is 0.309 e. The van der Waals surface area contributed by atoms with E-state index in [0.717, 1.165) is 16.8 Å². The Morgan fingerprint density at radius 3 is 2.21 bits per heavy atom. The van der Waals surface area contributed by atoms with Crippen LogP contribution in [0.25, 0.3) is 10.8 Å². The average molecular weight is 321 g/mol. The van der Waals surface area contributed by atoms with Crippen LogP contribution in [-0.2, 0) is 4.79 Å². The predicted molar refractivity (Wildman–Crippen MR) is 95.4 cm³/mol. The van der Waals surface area contributed by atoms with Crippen LogP contribution in [-0.4, -0.2) is 16.2 Å². The number of hydrogen-bond acceptors (Lipinski definition) is 3. The number of benzene rings is 3. The summed E-state index contributed by atoms with van der Waals surface area (Å²) in [4.78, 5) is 11.0. The van der Waals surface area contributed by atoms with Crippen molar-refractivity contribution in [1.29, 1.82) is 0 Å². The van der Waals surface area contributed by atoms with Crippen LogP contribution >= 0.6 is 0 Å². The van der Waals surface area contributed by atoms with Crippen LogP contribution in [0.5, 0.6) is 0 Å². The molecule has 0 aromatic heterocycles. The fourth-order valence-electron chi connectivity index (χ4n) is 2.62. The van der Waals surface area contributed by atoms with Gasteiger partial charge in [-0.2, -0.15) is 0 Å². The molecular formula is C20H19NO3. The van der Waals surface area contributed by atoms with Crippen LogP contribution < -0.4 is 5.32 Å². The molecule has 3 rings (SSSR count). The summed E-state index contributed by atoms with van der Waals surface area (Å²) in [6, 6.07) is 21.5. The molecular weight excluding hydrogens is 302 g/mol. The van der Waals surface area contributed by atoms with Crippen LogP contribution in [0.1, 0.15) is 18.6 Å². The Balaban J connectivity index is 1.76. The number of aliphatic carboxylic acids is 1. The Kier molecular flexibility index (Phi) is 4.49. The van der Waals surface area contributed by atoms with E-state index < -0.39 is 18.0 Å². The standard InChI is InChI=1S/C20H19NO3/c1-13(20(23)24)19(22)15-7-9-17(10-8-15)21-18-11-6-14-4-2-3-5-16(14)12-18/h2-13,19,21-22H,1H3,(H,23,24). The normalized spacial score (nSPS) is 13.4. The van der Waals surface area contributed by atoms with Gasteiger partial charge in [-0.1, -0.05) is 42.5 Å². The third kappa shape index (κ3) is 3.39. The number of carboxylic acid groups (broad SMARTS) is 1. The molecule has 4 nitrogen and oxygen atoms in total. The van der Waals surface area contributed by atoms with Gasteiger partial charge in [0, 0.05) is 11.4 Å². The third-order valence-electron chi connectivity index (χ3n) is 4.15. The fraction of sp³-hybridized carbons (Fsp3) is 0.150. The van der Waals surface area contributed by atoms with Crippen molar-refractivity contribution in [3.8, 4) is 0 Å². The van der Waals surface area contributed by atoms with Gasteiger partial charge in [-0.05, 0) is 47.5 Å². The molecule has 0 radical (unpaired) electrons. The summed E-state index contributed by atoms with van der Waals surface area (Å²) in [5.74, 6) is -1.86. The number of carboxylic acids is 1. The molecule has 3 aromatic carbocycles. The van der Waals surface area contributed by atoms with E-state index >= 15 is 0 Å². The number of rotatable bonds is 5. The third-order valence-corrected chi connectivity index (χ3v) is 4.15. The van der Waals surface area contributed by atoms with Crippen LogP contribution in [0.15, 0.2) is 66.7 Å². The minimum Gasteiger partial charge on any atom is -0.481 e. The van der Waals surface area contributed by atoms with Gasteiger partial charge in [0.2, 0.25) is 0 Å². The Bertz CT molecular complexity index is 858. The molecule has 0 bridgehead atoms. The molecule has 0 aliphatic rings. The maximum absolute atomic E-state index is 11.0. The molecule has 3 aromatic rings. The van der Waals surface area contributed by atoms with Gasteiger partial charge < -0.3 is 15.5 Å². The summed E-state index contributed by atoms with van der Waals surface area (Å²) in [6.07, 6.45) is -1.02. The maximum atomic E-state index is 11.0. The SMILES string of the molecule is CC(C(=O)O)C(O)c1ccc(Nc2ccc3ccccc3c2)cc1. The zero-order valence-corrected chi connectivity index (χ0v) is 13.3. The van der Waals surface area contributed by atoms with Crippen molar-refractivity contribution in [1.82, 2.24) is 0 Å². The lowest BCUT2D eigenvalue weighted by atomic mass is 9.97. The quantitative estimate of drug-likeness (QED) is 0.654. The van der Waals surface area contributed by atoms with Crippen molar-refractivity contribution < 1.29 is 15.0 Å². The highest BCUT2D eigenvalue weighted by molar-refractivity contribution is 5.86. The van der Waals surface area contributed by atoms with Crippen LogP contribution in [0, 0.1) is 5.92 Å². The van der Waals surface area contributed by atoms with Crippen molar-refractivity contribution in [3.63, 3.8) is 0 Å². The molecule has 0 heterocycles. The Morgan fingerprint density at radius 1 is 0.917 bits per heavy atom. The summed E-state index contributed by atoms with van der Waals surface area (Å²) in [5, 5.41) is 24.7. The molecule has 0 fully saturated rings. The molecule has 4 heteroatoms. The first-order valence-electron chi connectivity index (χ1n) is 7.81. The van der Waals surface area contributed by atoms with Gasteiger partial charge >= 0.3 is 5.97 Å². The first kappa shape index (κ1) is 16.0.